The van der Waals surface area contributed by atoms with E-state index >= 15 is 0 Å². The lowest BCUT2D eigenvalue weighted by Crippen LogP contribution is -2.27. The molecule has 0 spiro atoms. The summed E-state index contributed by atoms with van der Waals surface area (Å²) in [6.45, 7) is 0. The van der Waals surface area contributed by atoms with Crippen molar-refractivity contribution in [3.05, 3.63) is 84.5 Å². The summed E-state index contributed by atoms with van der Waals surface area (Å²) in [6, 6.07) is 12.5. The van der Waals surface area contributed by atoms with Gasteiger partial charge in [0.15, 0.2) is 5.82 Å². The molecule has 2 aromatic rings. The Hall–Kier alpha value is -3.52. The molecule has 0 amide bonds. The quantitative estimate of drug-likeness (QED) is 0.332. The number of nitro benzene ring substituents is 1. The zero-order chi connectivity index (χ0) is 18.4. The van der Waals surface area contributed by atoms with Crippen molar-refractivity contribution in [1.82, 2.24) is 14.5 Å². The molecule has 0 bridgehead atoms. The van der Waals surface area contributed by atoms with Gasteiger partial charge >= 0.3 is 5.69 Å². The third-order valence-electron chi connectivity index (χ3n) is 3.95. The molecule has 0 saturated heterocycles. The van der Waals surface area contributed by atoms with E-state index in [1.807, 2.05) is 0 Å². The maximum Gasteiger partial charge on any atom is 0.349 e. The van der Waals surface area contributed by atoms with Crippen LogP contribution >= 0.6 is 11.6 Å². The maximum absolute atomic E-state index is 12.2. The standard InChI is InChI=1S/C17H9ClN4O4/c18-10-2-1-3-11(8-10)21-14-5-4-12(22(25)26)6-9(14)7-13-15(21)19-17(24)20-16(13)23/h1-8H,(H,20,23,24). The van der Waals surface area contributed by atoms with E-state index in [1.165, 1.54) is 18.2 Å². The molecule has 2 aliphatic heterocycles. The minimum atomic E-state index is -0.778. The van der Waals surface area contributed by atoms with E-state index in [0.717, 1.165) is 0 Å². The number of H-pyrrole nitrogens is 1. The molecule has 1 N–H and O–H groups in total. The van der Waals surface area contributed by atoms with Gasteiger partial charge < -0.3 is 0 Å². The number of nitrogens with one attached hydrogen (secondary N) is 1. The molecular formula is C17H9ClN4O4. The van der Waals surface area contributed by atoms with E-state index in [2.05, 4.69) is 9.97 Å². The molecule has 128 valence electrons. The molecule has 8 nitrogen and oxygen atoms in total. The number of hydrogen-bond donors (Lipinski definition) is 1. The van der Waals surface area contributed by atoms with Gasteiger partial charge in [-0.1, -0.05) is 17.7 Å². The van der Waals surface area contributed by atoms with Crippen LogP contribution in [0.15, 0.2) is 58.1 Å². The predicted molar refractivity (Wildman–Crippen MR) is 96.2 cm³/mol. The Morgan fingerprint density at radius 3 is 2.65 bits per heavy atom. The van der Waals surface area contributed by atoms with Crippen LogP contribution in [-0.4, -0.2) is 19.5 Å². The van der Waals surface area contributed by atoms with Crippen molar-refractivity contribution in [3.8, 4) is 17.1 Å². The van der Waals surface area contributed by atoms with Crippen molar-refractivity contribution in [3.63, 3.8) is 0 Å². The highest BCUT2D eigenvalue weighted by molar-refractivity contribution is 6.30. The summed E-state index contributed by atoms with van der Waals surface area (Å²) in [5.41, 5.74) is -0.261. The van der Waals surface area contributed by atoms with E-state index in [9.17, 15) is 19.7 Å². The van der Waals surface area contributed by atoms with Gasteiger partial charge in [-0.3, -0.25) is 24.5 Å². The Balaban J connectivity index is 2.22. The Morgan fingerprint density at radius 1 is 1.12 bits per heavy atom. The van der Waals surface area contributed by atoms with Crippen LogP contribution in [0, 0.1) is 10.1 Å². The van der Waals surface area contributed by atoms with Crippen LogP contribution < -0.4 is 11.2 Å². The second-order valence-electron chi connectivity index (χ2n) is 5.57. The highest BCUT2D eigenvalue weighted by Crippen LogP contribution is 2.30. The fraction of sp³-hybridized carbons (Fsp3) is 0. The molecule has 0 aromatic heterocycles. The number of hydrogen-bond acceptors (Lipinski definition) is 5. The topological polar surface area (TPSA) is 111 Å². The molecular weight excluding hydrogens is 360 g/mol. The van der Waals surface area contributed by atoms with E-state index in [-0.39, 0.29) is 17.1 Å². The summed E-state index contributed by atoms with van der Waals surface area (Å²) in [4.78, 5) is 40.6. The van der Waals surface area contributed by atoms with Crippen LogP contribution in [0.2, 0.25) is 5.02 Å². The lowest BCUT2D eigenvalue weighted by atomic mass is 10.1. The van der Waals surface area contributed by atoms with Crippen LogP contribution in [0.25, 0.3) is 28.0 Å². The second kappa shape index (κ2) is 5.78. The zero-order valence-electron chi connectivity index (χ0n) is 13.0. The van der Waals surface area contributed by atoms with Crippen LogP contribution in [0.4, 0.5) is 5.69 Å². The average molecular weight is 369 g/mol. The summed E-state index contributed by atoms with van der Waals surface area (Å²) < 4.78 is 1.58. The number of fused-ring (bicyclic) bond motifs is 2. The smallest absolute Gasteiger partial charge is 0.294 e. The van der Waals surface area contributed by atoms with Crippen LogP contribution in [0.1, 0.15) is 0 Å². The lowest BCUT2D eigenvalue weighted by molar-refractivity contribution is -0.384. The Morgan fingerprint density at radius 2 is 1.92 bits per heavy atom. The van der Waals surface area contributed by atoms with Gasteiger partial charge in [-0.25, -0.2) is 4.79 Å². The molecule has 0 saturated carbocycles. The van der Waals surface area contributed by atoms with Gasteiger partial charge in [-0.15, -0.1) is 0 Å². The second-order valence-corrected chi connectivity index (χ2v) is 6.00. The van der Waals surface area contributed by atoms with Gasteiger partial charge in [0, 0.05) is 28.2 Å². The van der Waals surface area contributed by atoms with Crippen molar-refractivity contribution in [1.29, 1.82) is 0 Å². The SMILES string of the molecule is O=c1nc2n(-c3cccc(Cl)c3)c3ccc([N+](=O)[O-])cc3cc-2c(=O)[nH]1. The number of nitro groups is 1. The normalized spacial score (nSPS) is 11.1. The Bertz CT molecular complexity index is 1280. The first-order chi connectivity index (χ1) is 12.4. The molecule has 0 atom stereocenters. The summed E-state index contributed by atoms with van der Waals surface area (Å²) in [7, 11) is 0. The average Bonchev–Trinajstić information content (AvgIpc) is 2.59. The molecule has 2 aliphatic rings. The summed E-state index contributed by atoms with van der Waals surface area (Å²) >= 11 is 6.07. The van der Waals surface area contributed by atoms with Gasteiger partial charge in [0.25, 0.3) is 11.2 Å². The van der Waals surface area contributed by atoms with Crippen molar-refractivity contribution in [2.45, 2.75) is 0 Å². The van der Waals surface area contributed by atoms with Crippen LogP contribution in [-0.2, 0) is 0 Å². The van der Waals surface area contributed by atoms with Gasteiger partial charge in [0.05, 0.1) is 16.0 Å². The molecule has 0 unspecified atom stereocenters. The largest absolute Gasteiger partial charge is 0.349 e. The molecule has 9 heteroatoms. The number of non-ortho nitro benzene ring substituents is 1. The predicted octanol–water partition coefficient (Wildman–Crippen LogP) is 2.74. The number of aromatic amines is 1. The zero-order valence-corrected chi connectivity index (χ0v) is 13.7. The first-order valence-electron chi connectivity index (χ1n) is 7.44. The van der Waals surface area contributed by atoms with E-state index < -0.39 is 16.2 Å². The molecule has 2 heterocycles. The van der Waals surface area contributed by atoms with Crippen molar-refractivity contribution in [2.75, 3.05) is 0 Å². The third-order valence-corrected chi connectivity index (χ3v) is 4.19. The number of aromatic nitrogens is 3. The van der Waals surface area contributed by atoms with Gasteiger partial charge in [-0.05, 0) is 30.3 Å². The molecule has 0 aliphatic carbocycles. The minimum Gasteiger partial charge on any atom is -0.294 e. The fourth-order valence-corrected chi connectivity index (χ4v) is 3.06. The van der Waals surface area contributed by atoms with Crippen molar-refractivity contribution < 1.29 is 4.92 Å². The van der Waals surface area contributed by atoms with Crippen LogP contribution in [0.5, 0.6) is 0 Å². The van der Waals surface area contributed by atoms with E-state index in [4.69, 9.17) is 11.6 Å². The summed E-state index contributed by atoms with van der Waals surface area (Å²) in [5.74, 6) is 0.141. The van der Waals surface area contributed by atoms with Gasteiger partial charge in [-0.2, -0.15) is 4.98 Å². The highest BCUT2D eigenvalue weighted by atomic mass is 35.5. The number of rotatable bonds is 2. The van der Waals surface area contributed by atoms with Crippen LogP contribution in [0.3, 0.4) is 0 Å². The molecule has 4 rings (SSSR count). The summed E-state index contributed by atoms with van der Waals surface area (Å²) in [5, 5.41) is 12.0. The first-order valence-corrected chi connectivity index (χ1v) is 7.82. The van der Waals surface area contributed by atoms with Crippen molar-refractivity contribution >= 4 is 28.2 Å². The maximum atomic E-state index is 12.2. The lowest BCUT2D eigenvalue weighted by Gasteiger charge is -2.17. The third kappa shape index (κ3) is 2.52. The molecule has 0 fully saturated rings. The molecule has 2 aromatic carbocycles. The Labute approximate surface area is 149 Å². The number of benzene rings is 2. The molecule has 26 heavy (non-hydrogen) atoms. The monoisotopic (exact) mass is 368 g/mol. The Kier molecular flexibility index (Phi) is 3.55. The van der Waals surface area contributed by atoms with E-state index in [1.54, 1.807) is 34.9 Å². The van der Waals surface area contributed by atoms with Gasteiger partial charge in [0.2, 0.25) is 0 Å². The minimum absolute atomic E-state index is 0.112. The van der Waals surface area contributed by atoms with Gasteiger partial charge in [0.1, 0.15) is 0 Å². The number of halogens is 1. The highest BCUT2D eigenvalue weighted by Gasteiger charge is 2.19. The number of nitrogens with zero attached hydrogens (tertiary/aromatic N) is 3. The van der Waals surface area contributed by atoms with E-state index in [0.29, 0.717) is 21.6 Å². The number of pyridine rings is 1. The summed E-state index contributed by atoms with van der Waals surface area (Å²) in [6.07, 6.45) is 0. The fourth-order valence-electron chi connectivity index (χ4n) is 2.87. The first kappa shape index (κ1) is 16.0. The van der Waals surface area contributed by atoms with Crippen molar-refractivity contribution in [2.24, 2.45) is 0 Å². The molecule has 0 radical (unpaired) electrons.